The molecule has 1 aliphatic carbocycles. The van der Waals surface area contributed by atoms with Crippen molar-refractivity contribution in [2.24, 2.45) is 0 Å². The summed E-state index contributed by atoms with van der Waals surface area (Å²) in [5.41, 5.74) is 3.33. The molecule has 0 aromatic heterocycles. The molecule has 1 amide bonds. The SMILES string of the molecule is O=C(NC(CC1CCCc2ccccc21)C(=O)O)OCc1ccccc1. The molecule has 0 saturated heterocycles. The van der Waals surface area contributed by atoms with E-state index >= 15 is 0 Å². The molecule has 0 radical (unpaired) electrons. The molecule has 0 aliphatic heterocycles. The third-order valence-corrected chi connectivity index (χ3v) is 4.82. The number of amides is 1. The van der Waals surface area contributed by atoms with Crippen molar-refractivity contribution in [3.63, 3.8) is 0 Å². The van der Waals surface area contributed by atoms with Gasteiger partial charge >= 0.3 is 12.1 Å². The number of nitrogens with one attached hydrogen (secondary N) is 1. The van der Waals surface area contributed by atoms with Gasteiger partial charge in [0.2, 0.25) is 0 Å². The Bertz CT molecular complexity index is 760. The Kier molecular flexibility index (Phi) is 5.89. The van der Waals surface area contributed by atoms with Crippen molar-refractivity contribution >= 4 is 12.1 Å². The highest BCUT2D eigenvalue weighted by Crippen LogP contribution is 2.34. The molecule has 5 nitrogen and oxygen atoms in total. The zero-order valence-corrected chi connectivity index (χ0v) is 14.6. The first kappa shape index (κ1) is 18.0. The van der Waals surface area contributed by atoms with Gasteiger partial charge in [-0.25, -0.2) is 9.59 Å². The number of hydrogen-bond acceptors (Lipinski definition) is 3. The predicted octanol–water partition coefficient (Wildman–Crippen LogP) is 3.88. The Balaban J connectivity index is 1.59. The molecule has 26 heavy (non-hydrogen) atoms. The van der Waals surface area contributed by atoms with Gasteiger partial charge in [0.05, 0.1) is 0 Å². The number of rotatable bonds is 6. The number of fused-ring (bicyclic) bond motifs is 1. The molecular weight excluding hydrogens is 330 g/mol. The molecule has 0 fully saturated rings. The summed E-state index contributed by atoms with van der Waals surface area (Å²) in [7, 11) is 0. The fraction of sp³-hybridized carbons (Fsp3) is 0.333. The number of carboxylic acids is 1. The van der Waals surface area contributed by atoms with E-state index in [0.717, 1.165) is 24.8 Å². The van der Waals surface area contributed by atoms with Gasteiger partial charge in [-0.3, -0.25) is 0 Å². The Morgan fingerprint density at radius 2 is 1.85 bits per heavy atom. The Labute approximate surface area is 153 Å². The fourth-order valence-corrected chi connectivity index (χ4v) is 3.51. The molecule has 2 N–H and O–H groups in total. The van der Waals surface area contributed by atoms with E-state index in [1.807, 2.05) is 42.5 Å². The number of carbonyl (C=O) groups is 2. The highest BCUT2D eigenvalue weighted by molar-refractivity contribution is 5.80. The Morgan fingerprint density at radius 3 is 2.62 bits per heavy atom. The van der Waals surface area contributed by atoms with E-state index in [-0.39, 0.29) is 12.5 Å². The fourth-order valence-electron chi connectivity index (χ4n) is 3.51. The molecule has 1 aliphatic rings. The molecular formula is C21H23NO4. The van der Waals surface area contributed by atoms with E-state index < -0.39 is 18.1 Å². The van der Waals surface area contributed by atoms with Crippen LogP contribution in [0.2, 0.25) is 0 Å². The van der Waals surface area contributed by atoms with E-state index in [0.29, 0.717) is 6.42 Å². The Morgan fingerprint density at radius 1 is 1.12 bits per heavy atom. The van der Waals surface area contributed by atoms with Crippen molar-refractivity contribution in [2.75, 3.05) is 0 Å². The summed E-state index contributed by atoms with van der Waals surface area (Å²) in [6, 6.07) is 16.5. The van der Waals surface area contributed by atoms with Gasteiger partial charge in [-0.15, -0.1) is 0 Å². The molecule has 2 aromatic rings. The second-order valence-corrected chi connectivity index (χ2v) is 6.62. The van der Waals surface area contributed by atoms with E-state index in [2.05, 4.69) is 17.4 Å². The lowest BCUT2D eigenvalue weighted by molar-refractivity contribution is -0.139. The first-order valence-electron chi connectivity index (χ1n) is 8.91. The zero-order chi connectivity index (χ0) is 18.4. The maximum atomic E-state index is 12.0. The molecule has 0 heterocycles. The maximum Gasteiger partial charge on any atom is 0.408 e. The number of carboxylic acid groups (broad SMARTS) is 1. The first-order chi connectivity index (χ1) is 12.6. The normalized spacial score (nSPS) is 17.0. The van der Waals surface area contributed by atoms with E-state index in [9.17, 15) is 14.7 Å². The predicted molar refractivity (Wildman–Crippen MR) is 97.9 cm³/mol. The van der Waals surface area contributed by atoms with Crippen LogP contribution < -0.4 is 5.32 Å². The van der Waals surface area contributed by atoms with Crippen molar-refractivity contribution in [1.29, 1.82) is 0 Å². The van der Waals surface area contributed by atoms with Gasteiger partial charge in [0, 0.05) is 0 Å². The summed E-state index contributed by atoms with van der Waals surface area (Å²) in [6.45, 7) is 0.116. The van der Waals surface area contributed by atoms with E-state index in [4.69, 9.17) is 4.74 Å². The van der Waals surface area contributed by atoms with Crippen molar-refractivity contribution in [3.8, 4) is 0 Å². The lowest BCUT2D eigenvalue weighted by Crippen LogP contribution is -2.42. The molecule has 136 valence electrons. The van der Waals surface area contributed by atoms with E-state index in [1.54, 1.807) is 0 Å². The van der Waals surface area contributed by atoms with Crippen LogP contribution in [0.25, 0.3) is 0 Å². The van der Waals surface area contributed by atoms with Crippen LogP contribution >= 0.6 is 0 Å². The smallest absolute Gasteiger partial charge is 0.408 e. The van der Waals surface area contributed by atoms with Crippen molar-refractivity contribution < 1.29 is 19.4 Å². The number of aliphatic carboxylic acids is 1. The average Bonchev–Trinajstić information content (AvgIpc) is 2.67. The summed E-state index contributed by atoms with van der Waals surface area (Å²) in [5.74, 6) is -0.903. The van der Waals surface area contributed by atoms with Crippen molar-refractivity contribution in [1.82, 2.24) is 5.32 Å². The maximum absolute atomic E-state index is 12.0. The molecule has 2 atom stereocenters. The van der Waals surface area contributed by atoms with Crippen LogP contribution in [-0.4, -0.2) is 23.2 Å². The van der Waals surface area contributed by atoms with Crippen LogP contribution in [0.15, 0.2) is 54.6 Å². The third-order valence-electron chi connectivity index (χ3n) is 4.82. The monoisotopic (exact) mass is 353 g/mol. The Hall–Kier alpha value is -2.82. The third kappa shape index (κ3) is 4.63. The average molecular weight is 353 g/mol. The van der Waals surface area contributed by atoms with Gasteiger partial charge in [-0.05, 0) is 48.3 Å². The van der Waals surface area contributed by atoms with Crippen LogP contribution in [-0.2, 0) is 22.6 Å². The van der Waals surface area contributed by atoms with Gasteiger partial charge in [0.15, 0.2) is 0 Å². The quantitative estimate of drug-likeness (QED) is 0.826. The lowest BCUT2D eigenvalue weighted by atomic mass is 9.79. The second kappa shape index (κ2) is 8.52. The number of carbonyl (C=O) groups excluding carboxylic acids is 1. The van der Waals surface area contributed by atoms with Crippen molar-refractivity contribution in [2.45, 2.75) is 44.2 Å². The summed E-state index contributed by atoms with van der Waals surface area (Å²) in [4.78, 5) is 23.6. The summed E-state index contributed by atoms with van der Waals surface area (Å²) in [6.07, 6.45) is 2.66. The molecule has 5 heteroatoms. The standard InChI is InChI=1S/C21H23NO4/c23-20(24)19(22-21(25)26-14-15-7-2-1-3-8-15)13-17-11-6-10-16-9-4-5-12-18(16)17/h1-5,7-9,12,17,19H,6,10-11,13-14H2,(H,22,25)(H,23,24). The summed E-state index contributed by atoms with van der Waals surface area (Å²) < 4.78 is 5.15. The second-order valence-electron chi connectivity index (χ2n) is 6.62. The molecule has 3 rings (SSSR count). The highest BCUT2D eigenvalue weighted by Gasteiger charge is 2.28. The lowest BCUT2D eigenvalue weighted by Gasteiger charge is -2.27. The number of alkyl carbamates (subject to hydrolysis) is 1. The molecule has 2 aromatic carbocycles. The van der Waals surface area contributed by atoms with E-state index in [1.165, 1.54) is 11.1 Å². The van der Waals surface area contributed by atoms with Gasteiger partial charge in [0.25, 0.3) is 0 Å². The summed E-state index contributed by atoms with van der Waals surface area (Å²) >= 11 is 0. The number of hydrogen-bond donors (Lipinski definition) is 2. The minimum Gasteiger partial charge on any atom is -0.480 e. The minimum absolute atomic E-state index is 0.116. The molecule has 0 spiro atoms. The van der Waals surface area contributed by atoms with Crippen LogP contribution in [0.1, 0.15) is 41.9 Å². The molecule has 0 saturated carbocycles. The number of ether oxygens (including phenoxy) is 1. The number of aryl methyl sites for hydroxylation is 1. The van der Waals surface area contributed by atoms with Gasteiger partial charge in [-0.2, -0.15) is 0 Å². The van der Waals surface area contributed by atoms with Crippen LogP contribution in [0.3, 0.4) is 0 Å². The van der Waals surface area contributed by atoms with Crippen molar-refractivity contribution in [3.05, 3.63) is 71.3 Å². The van der Waals surface area contributed by atoms with Crippen LogP contribution in [0.5, 0.6) is 0 Å². The highest BCUT2D eigenvalue weighted by atomic mass is 16.5. The minimum atomic E-state index is -1.04. The number of benzene rings is 2. The molecule has 2 unspecified atom stereocenters. The van der Waals surface area contributed by atoms with Crippen LogP contribution in [0.4, 0.5) is 4.79 Å². The van der Waals surface area contributed by atoms with Crippen LogP contribution in [0, 0.1) is 0 Å². The largest absolute Gasteiger partial charge is 0.480 e. The zero-order valence-electron chi connectivity index (χ0n) is 14.6. The van der Waals surface area contributed by atoms with Gasteiger partial charge in [0.1, 0.15) is 12.6 Å². The first-order valence-corrected chi connectivity index (χ1v) is 8.91. The van der Waals surface area contributed by atoms with Gasteiger partial charge in [-0.1, -0.05) is 54.6 Å². The topological polar surface area (TPSA) is 75.6 Å². The van der Waals surface area contributed by atoms with Gasteiger partial charge < -0.3 is 15.2 Å². The summed E-state index contributed by atoms with van der Waals surface area (Å²) in [5, 5.41) is 12.0. The molecule has 0 bridgehead atoms.